The smallest absolute Gasteiger partial charge is 0.240 e. The van der Waals surface area contributed by atoms with Gasteiger partial charge in [0, 0.05) is 12.6 Å². The van der Waals surface area contributed by atoms with Gasteiger partial charge in [-0.05, 0) is 74.5 Å². The Hall–Kier alpha value is -0.610. The number of carbonyl (C=O) groups excluding carboxylic acids is 1. The predicted molar refractivity (Wildman–Crippen MR) is 94.2 cm³/mol. The van der Waals surface area contributed by atoms with Gasteiger partial charge in [0.25, 0.3) is 0 Å². The molecule has 0 aromatic rings. The highest BCUT2D eigenvalue weighted by molar-refractivity contribution is 5.83. The molecule has 7 atom stereocenters. The monoisotopic (exact) mass is 334 g/mol. The average molecular weight is 335 g/mol. The first-order chi connectivity index (χ1) is 11.2. The molecular formula is C20H34N2O2. The minimum absolute atomic E-state index is 0.138. The van der Waals surface area contributed by atoms with E-state index in [1.165, 1.54) is 6.42 Å². The lowest BCUT2D eigenvalue weighted by Crippen LogP contribution is -2.69. The molecule has 4 aliphatic carbocycles. The van der Waals surface area contributed by atoms with Crippen LogP contribution < -0.4 is 5.73 Å². The van der Waals surface area contributed by atoms with Crippen LogP contribution in [0.3, 0.4) is 0 Å². The first-order valence-electron chi connectivity index (χ1n) is 10.0. The van der Waals surface area contributed by atoms with Crippen molar-refractivity contribution in [2.24, 2.45) is 28.4 Å². The fraction of sp³-hybridized carbons (Fsp3) is 0.950. The van der Waals surface area contributed by atoms with Crippen molar-refractivity contribution in [3.63, 3.8) is 0 Å². The summed E-state index contributed by atoms with van der Waals surface area (Å²) >= 11 is 0. The van der Waals surface area contributed by atoms with Gasteiger partial charge in [0.1, 0.15) is 0 Å². The Balaban J connectivity index is 1.66. The van der Waals surface area contributed by atoms with Gasteiger partial charge in [0.2, 0.25) is 5.91 Å². The quantitative estimate of drug-likeness (QED) is 0.831. The summed E-state index contributed by atoms with van der Waals surface area (Å²) in [6.07, 6.45) is 8.14. The molecule has 1 saturated heterocycles. The number of hydrogen-bond donors (Lipinski definition) is 2. The number of nitrogens with two attached hydrogens (primary N) is 1. The molecule has 1 amide bonds. The first-order valence-corrected chi connectivity index (χ1v) is 10.0. The van der Waals surface area contributed by atoms with Crippen LogP contribution in [0.4, 0.5) is 0 Å². The number of carbonyl (C=O) groups is 1. The zero-order chi connectivity index (χ0) is 17.3. The van der Waals surface area contributed by atoms with Gasteiger partial charge >= 0.3 is 0 Å². The fourth-order valence-corrected chi connectivity index (χ4v) is 7.15. The molecule has 5 rings (SSSR count). The summed E-state index contributed by atoms with van der Waals surface area (Å²) in [7, 11) is 0. The van der Waals surface area contributed by atoms with Gasteiger partial charge in [-0.3, -0.25) is 4.79 Å². The standard InChI is InChI=1S/C20H34N2O2/c1-4-13(2)18-7-15-8-19(10-18,12-20(24,9-15)11-18)16(21)17(23)22-6-5-14(22)3/h13-16,24H,4-12,21H2,1-3H3/t13-,14+,15?,16+,18?,19?,20?/m0/s1. The van der Waals surface area contributed by atoms with Crippen LogP contribution >= 0.6 is 0 Å². The van der Waals surface area contributed by atoms with E-state index in [4.69, 9.17) is 5.73 Å². The number of hydrogen-bond acceptors (Lipinski definition) is 3. The van der Waals surface area contributed by atoms with Gasteiger partial charge in [0.05, 0.1) is 11.6 Å². The highest BCUT2D eigenvalue weighted by Gasteiger charge is 2.66. The van der Waals surface area contributed by atoms with Gasteiger partial charge in [-0.25, -0.2) is 0 Å². The van der Waals surface area contributed by atoms with Crippen LogP contribution in [-0.2, 0) is 4.79 Å². The maximum Gasteiger partial charge on any atom is 0.240 e. The summed E-state index contributed by atoms with van der Waals surface area (Å²) in [5.41, 5.74) is 6.08. The van der Waals surface area contributed by atoms with Crippen molar-refractivity contribution in [3.8, 4) is 0 Å². The molecule has 0 aromatic heterocycles. The number of aliphatic hydroxyl groups is 1. The highest BCUT2D eigenvalue weighted by Crippen LogP contribution is 2.69. The van der Waals surface area contributed by atoms with Crippen LogP contribution in [0.15, 0.2) is 0 Å². The maximum absolute atomic E-state index is 13.0. The molecule has 4 bridgehead atoms. The van der Waals surface area contributed by atoms with Crippen molar-refractivity contribution in [1.82, 2.24) is 4.90 Å². The van der Waals surface area contributed by atoms with Crippen molar-refractivity contribution >= 4 is 5.91 Å². The summed E-state index contributed by atoms with van der Waals surface area (Å²) in [5, 5.41) is 11.3. The van der Waals surface area contributed by atoms with E-state index in [9.17, 15) is 9.90 Å². The van der Waals surface area contributed by atoms with Gasteiger partial charge in [-0.2, -0.15) is 0 Å². The molecular weight excluding hydrogens is 300 g/mol. The SMILES string of the molecule is CC[C@H](C)C12CC3CC(O)(CC([C@H](N)C(=O)N4CC[C@H]4C)(C3)C1)C2. The molecule has 0 aromatic carbocycles. The lowest BCUT2D eigenvalue weighted by atomic mass is 9.39. The van der Waals surface area contributed by atoms with Crippen LogP contribution in [0, 0.1) is 22.7 Å². The Kier molecular flexibility index (Phi) is 3.65. The largest absolute Gasteiger partial charge is 0.390 e. The third kappa shape index (κ3) is 2.21. The van der Waals surface area contributed by atoms with Crippen LogP contribution in [0.25, 0.3) is 0 Å². The topological polar surface area (TPSA) is 66.6 Å². The van der Waals surface area contributed by atoms with Crippen molar-refractivity contribution in [2.75, 3.05) is 6.54 Å². The average Bonchev–Trinajstić information content (AvgIpc) is 2.49. The summed E-state index contributed by atoms with van der Waals surface area (Å²) in [4.78, 5) is 15.0. The molecule has 136 valence electrons. The van der Waals surface area contributed by atoms with E-state index in [0.717, 1.165) is 51.5 Å². The van der Waals surface area contributed by atoms with Crippen LogP contribution in [0.2, 0.25) is 0 Å². The van der Waals surface area contributed by atoms with Crippen molar-refractivity contribution in [1.29, 1.82) is 0 Å². The minimum Gasteiger partial charge on any atom is -0.390 e. The third-order valence-electron chi connectivity index (χ3n) is 8.31. The molecule has 1 aliphatic heterocycles. The Morgan fingerprint density at radius 2 is 1.92 bits per heavy atom. The van der Waals surface area contributed by atoms with E-state index in [-0.39, 0.29) is 16.7 Å². The first kappa shape index (κ1) is 16.8. The van der Waals surface area contributed by atoms with E-state index < -0.39 is 11.6 Å². The molecule has 5 aliphatic rings. The number of likely N-dealkylation sites (tertiary alicyclic amines) is 1. The van der Waals surface area contributed by atoms with E-state index in [2.05, 4.69) is 20.8 Å². The van der Waals surface area contributed by atoms with Gasteiger partial charge in [0.15, 0.2) is 0 Å². The van der Waals surface area contributed by atoms with E-state index in [1.54, 1.807) is 0 Å². The molecule has 3 N–H and O–H groups in total. The van der Waals surface area contributed by atoms with E-state index in [0.29, 0.717) is 17.9 Å². The summed E-state index contributed by atoms with van der Waals surface area (Å²) in [6, 6.07) is -0.0947. The highest BCUT2D eigenvalue weighted by atomic mass is 16.3. The summed E-state index contributed by atoms with van der Waals surface area (Å²) in [5.74, 6) is 1.28. The maximum atomic E-state index is 13.0. The third-order valence-corrected chi connectivity index (χ3v) is 8.31. The molecule has 4 heteroatoms. The van der Waals surface area contributed by atoms with Crippen LogP contribution in [0.5, 0.6) is 0 Å². The molecule has 0 radical (unpaired) electrons. The van der Waals surface area contributed by atoms with Gasteiger partial charge < -0.3 is 15.7 Å². The minimum atomic E-state index is -0.582. The van der Waals surface area contributed by atoms with Gasteiger partial charge in [-0.1, -0.05) is 20.3 Å². The Labute approximate surface area is 146 Å². The molecule has 5 fully saturated rings. The molecule has 4 saturated carbocycles. The van der Waals surface area contributed by atoms with Gasteiger partial charge in [-0.15, -0.1) is 0 Å². The van der Waals surface area contributed by atoms with E-state index in [1.807, 2.05) is 4.90 Å². The summed E-state index contributed by atoms with van der Waals surface area (Å²) < 4.78 is 0. The Bertz CT molecular complexity index is 552. The lowest BCUT2D eigenvalue weighted by Gasteiger charge is -2.68. The summed E-state index contributed by atoms with van der Waals surface area (Å²) in [6.45, 7) is 7.57. The molecule has 1 heterocycles. The Morgan fingerprint density at radius 3 is 2.46 bits per heavy atom. The van der Waals surface area contributed by atoms with Crippen molar-refractivity contribution in [3.05, 3.63) is 0 Å². The molecule has 4 unspecified atom stereocenters. The normalized spacial score (nSPS) is 49.0. The van der Waals surface area contributed by atoms with Crippen LogP contribution in [-0.4, -0.2) is 40.1 Å². The fourth-order valence-electron chi connectivity index (χ4n) is 7.15. The molecule has 0 spiro atoms. The van der Waals surface area contributed by atoms with Crippen LogP contribution in [0.1, 0.15) is 72.1 Å². The van der Waals surface area contributed by atoms with Crippen molar-refractivity contribution < 1.29 is 9.90 Å². The molecule has 4 nitrogen and oxygen atoms in total. The second-order valence-electron chi connectivity index (χ2n) is 9.91. The van der Waals surface area contributed by atoms with Crippen molar-refractivity contribution in [2.45, 2.75) is 89.8 Å². The number of nitrogens with zero attached hydrogens (tertiary/aromatic N) is 1. The second-order valence-corrected chi connectivity index (χ2v) is 9.91. The lowest BCUT2D eigenvalue weighted by molar-refractivity contribution is -0.221. The predicted octanol–water partition coefficient (Wildman–Crippen LogP) is 2.68. The molecule has 24 heavy (non-hydrogen) atoms. The number of amides is 1. The zero-order valence-corrected chi connectivity index (χ0v) is 15.6. The second kappa shape index (κ2) is 5.20. The number of rotatable bonds is 4. The van der Waals surface area contributed by atoms with E-state index >= 15 is 0 Å². The zero-order valence-electron chi connectivity index (χ0n) is 15.6. The Morgan fingerprint density at radius 1 is 1.25 bits per heavy atom.